The van der Waals surface area contributed by atoms with Gasteiger partial charge >= 0.3 is 0 Å². The predicted molar refractivity (Wildman–Crippen MR) is 118 cm³/mol. The van der Waals surface area contributed by atoms with Gasteiger partial charge in [0.1, 0.15) is 10.8 Å². The van der Waals surface area contributed by atoms with Crippen molar-refractivity contribution >= 4 is 39.8 Å². The van der Waals surface area contributed by atoms with Gasteiger partial charge in [-0.25, -0.2) is 9.97 Å². The number of carbonyl (C=O) groups excluding carboxylic acids is 1. The third-order valence-electron chi connectivity index (χ3n) is 6.80. The van der Waals surface area contributed by atoms with E-state index in [-0.39, 0.29) is 22.6 Å². The molecule has 3 saturated carbocycles. The van der Waals surface area contributed by atoms with Crippen LogP contribution in [0, 0.1) is 5.41 Å². The van der Waals surface area contributed by atoms with E-state index in [9.17, 15) is 9.35 Å². The highest BCUT2D eigenvalue weighted by Gasteiger charge is 2.54. The van der Waals surface area contributed by atoms with Crippen molar-refractivity contribution in [3.05, 3.63) is 53.0 Å². The summed E-state index contributed by atoms with van der Waals surface area (Å²) in [5, 5.41) is 4.52. The number of oxazole rings is 1. The SMILES string of the molecule is O=C(NC1CC2(C1)CC(c1nc3cc(Cl)ccc3o1)C2)c1ccnc([S+]([O-])C2CC2)c1. The number of amides is 1. The van der Waals surface area contributed by atoms with E-state index < -0.39 is 11.2 Å². The number of hydrogen-bond acceptors (Lipinski definition) is 5. The summed E-state index contributed by atoms with van der Waals surface area (Å²) >= 11 is 4.94. The van der Waals surface area contributed by atoms with Crippen molar-refractivity contribution in [2.75, 3.05) is 0 Å². The van der Waals surface area contributed by atoms with E-state index >= 15 is 0 Å². The van der Waals surface area contributed by atoms with Crippen LogP contribution in [0.1, 0.15) is 60.7 Å². The third kappa shape index (κ3) is 3.62. The fraction of sp³-hybridized carbons (Fsp3) is 0.435. The van der Waals surface area contributed by atoms with Gasteiger partial charge in [0, 0.05) is 58.8 Å². The van der Waals surface area contributed by atoms with Crippen LogP contribution in [-0.4, -0.2) is 31.7 Å². The molecule has 3 aliphatic rings. The summed E-state index contributed by atoms with van der Waals surface area (Å²) < 4.78 is 18.2. The Bertz CT molecular complexity index is 1160. The summed E-state index contributed by atoms with van der Waals surface area (Å²) in [4.78, 5) is 21.5. The van der Waals surface area contributed by atoms with Gasteiger partial charge in [0.05, 0.1) is 0 Å². The highest BCUT2D eigenvalue weighted by molar-refractivity contribution is 7.92. The monoisotopic (exact) mass is 455 g/mol. The maximum absolute atomic E-state index is 12.7. The van der Waals surface area contributed by atoms with Gasteiger partial charge in [-0.2, -0.15) is 0 Å². The molecule has 0 aliphatic heterocycles. The largest absolute Gasteiger partial charge is 0.610 e. The molecule has 6 rings (SSSR count). The van der Waals surface area contributed by atoms with Gasteiger partial charge < -0.3 is 14.3 Å². The van der Waals surface area contributed by atoms with Crippen LogP contribution in [0.4, 0.5) is 0 Å². The number of pyridine rings is 1. The average molecular weight is 456 g/mol. The molecule has 1 atom stereocenters. The minimum absolute atomic E-state index is 0.108. The van der Waals surface area contributed by atoms with Crippen molar-refractivity contribution in [1.82, 2.24) is 15.3 Å². The normalized spacial score (nSPS) is 28.2. The second-order valence-electron chi connectivity index (χ2n) is 9.23. The van der Waals surface area contributed by atoms with E-state index in [1.165, 1.54) is 0 Å². The summed E-state index contributed by atoms with van der Waals surface area (Å²) in [7, 11) is 0. The molecule has 3 fully saturated rings. The number of aromatic nitrogens is 2. The van der Waals surface area contributed by atoms with Crippen LogP contribution >= 0.6 is 11.6 Å². The zero-order valence-electron chi connectivity index (χ0n) is 16.8. The number of fused-ring (bicyclic) bond motifs is 1. The van der Waals surface area contributed by atoms with Crippen LogP contribution in [0.3, 0.4) is 0 Å². The Balaban J connectivity index is 1.04. The lowest BCUT2D eigenvalue weighted by molar-refractivity contribution is -0.0253. The molecule has 3 aliphatic carbocycles. The number of halogens is 1. The van der Waals surface area contributed by atoms with E-state index in [0.717, 1.165) is 55.5 Å². The number of benzene rings is 1. The number of carbonyl (C=O) groups is 1. The highest BCUT2D eigenvalue weighted by atomic mass is 35.5. The van der Waals surface area contributed by atoms with E-state index in [1.54, 1.807) is 18.3 Å². The van der Waals surface area contributed by atoms with Crippen LogP contribution < -0.4 is 5.32 Å². The molecule has 1 amide bonds. The van der Waals surface area contributed by atoms with Gasteiger partial charge in [-0.15, -0.1) is 0 Å². The molecule has 0 bridgehead atoms. The highest BCUT2D eigenvalue weighted by Crippen LogP contribution is 2.61. The van der Waals surface area contributed by atoms with Gasteiger partial charge in [0.2, 0.25) is 5.03 Å². The molecule has 6 nitrogen and oxygen atoms in total. The molecule has 3 aromatic rings. The predicted octanol–water partition coefficient (Wildman–Crippen LogP) is 4.60. The quantitative estimate of drug-likeness (QED) is 0.567. The van der Waals surface area contributed by atoms with Crippen molar-refractivity contribution in [2.45, 2.75) is 60.8 Å². The molecule has 1 aromatic carbocycles. The Morgan fingerprint density at radius 2 is 2.00 bits per heavy atom. The van der Waals surface area contributed by atoms with Gasteiger partial charge in [0.25, 0.3) is 5.91 Å². The fourth-order valence-electron chi connectivity index (χ4n) is 5.06. The van der Waals surface area contributed by atoms with Crippen molar-refractivity contribution in [2.24, 2.45) is 5.41 Å². The lowest BCUT2D eigenvalue weighted by atomic mass is 9.50. The maximum Gasteiger partial charge on any atom is 0.251 e. The first-order valence-corrected chi connectivity index (χ1v) is 12.3. The van der Waals surface area contributed by atoms with E-state index in [0.29, 0.717) is 21.5 Å². The van der Waals surface area contributed by atoms with Gasteiger partial charge in [0.15, 0.2) is 11.5 Å². The summed E-state index contributed by atoms with van der Waals surface area (Å²) in [6.45, 7) is 0. The smallest absolute Gasteiger partial charge is 0.251 e. The van der Waals surface area contributed by atoms with Crippen molar-refractivity contribution < 1.29 is 13.8 Å². The molecule has 1 N–H and O–H groups in total. The van der Waals surface area contributed by atoms with Gasteiger partial charge in [-0.3, -0.25) is 4.79 Å². The van der Waals surface area contributed by atoms with Crippen LogP contribution in [0.15, 0.2) is 46.0 Å². The van der Waals surface area contributed by atoms with Crippen LogP contribution in [0.2, 0.25) is 5.02 Å². The minimum Gasteiger partial charge on any atom is -0.610 e. The average Bonchev–Trinajstić information content (AvgIpc) is 3.48. The molecule has 2 aromatic heterocycles. The Hall–Kier alpha value is -2.09. The molecule has 8 heteroatoms. The second kappa shape index (κ2) is 7.22. The van der Waals surface area contributed by atoms with Crippen LogP contribution in [0.25, 0.3) is 11.1 Å². The summed E-state index contributed by atoms with van der Waals surface area (Å²) in [5.74, 6) is 1.02. The lowest BCUT2D eigenvalue weighted by Crippen LogP contribution is -2.55. The number of hydrogen-bond donors (Lipinski definition) is 1. The molecular weight excluding hydrogens is 434 g/mol. The standard InChI is InChI=1S/C23H22ClN3O3S/c24-15-1-4-19-18(8-15)27-22(30-19)14-9-23(10-14)11-16(12-23)26-21(28)13-5-6-25-20(7-13)31(29)17-2-3-17/h1,4-8,14,16-17H,2-3,9-12H2,(H,26,28). The summed E-state index contributed by atoms with van der Waals surface area (Å²) in [5.41, 5.74) is 2.41. The zero-order chi connectivity index (χ0) is 21.2. The minimum atomic E-state index is -1.10. The van der Waals surface area contributed by atoms with Crippen molar-refractivity contribution in [1.29, 1.82) is 0 Å². The number of nitrogens with one attached hydrogen (secondary N) is 1. The molecule has 0 saturated heterocycles. The van der Waals surface area contributed by atoms with Crippen LogP contribution in [-0.2, 0) is 11.2 Å². The molecule has 2 heterocycles. The number of rotatable bonds is 5. The van der Waals surface area contributed by atoms with E-state index in [1.807, 2.05) is 18.2 Å². The first kappa shape index (κ1) is 19.6. The zero-order valence-corrected chi connectivity index (χ0v) is 18.4. The summed E-state index contributed by atoms with van der Waals surface area (Å²) in [6, 6.07) is 9.06. The second-order valence-corrected chi connectivity index (χ2v) is 11.3. The molecule has 1 spiro atoms. The maximum atomic E-state index is 12.7. The molecule has 160 valence electrons. The Morgan fingerprint density at radius 1 is 1.19 bits per heavy atom. The Morgan fingerprint density at radius 3 is 2.77 bits per heavy atom. The third-order valence-corrected chi connectivity index (χ3v) is 8.75. The molecule has 0 radical (unpaired) electrons. The van der Waals surface area contributed by atoms with E-state index in [4.69, 9.17) is 16.0 Å². The van der Waals surface area contributed by atoms with Crippen LogP contribution in [0.5, 0.6) is 0 Å². The Kier molecular flexibility index (Phi) is 4.56. The summed E-state index contributed by atoms with van der Waals surface area (Å²) in [6.07, 6.45) is 7.58. The van der Waals surface area contributed by atoms with Gasteiger partial charge in [-0.05, 0) is 55.4 Å². The first-order valence-electron chi connectivity index (χ1n) is 10.7. The van der Waals surface area contributed by atoms with Crippen molar-refractivity contribution in [3.63, 3.8) is 0 Å². The lowest BCUT2D eigenvalue weighted by Gasteiger charge is -2.57. The fourth-order valence-corrected chi connectivity index (χ4v) is 6.54. The molecule has 1 unspecified atom stereocenters. The topological polar surface area (TPSA) is 91.1 Å². The Labute approximate surface area is 188 Å². The van der Waals surface area contributed by atoms with Crippen molar-refractivity contribution in [3.8, 4) is 0 Å². The first-order chi connectivity index (χ1) is 15.0. The molecule has 31 heavy (non-hydrogen) atoms. The number of nitrogens with zero attached hydrogens (tertiary/aromatic N) is 2. The van der Waals surface area contributed by atoms with Gasteiger partial charge in [-0.1, -0.05) is 11.6 Å². The van der Waals surface area contributed by atoms with E-state index in [2.05, 4.69) is 15.3 Å². The molecular formula is C23H22ClN3O3S.